The number of aryl methyl sites for hydroxylation is 2. The second-order valence-electron chi connectivity index (χ2n) is 5.82. The third-order valence-electron chi connectivity index (χ3n) is 4.09. The smallest absolute Gasteiger partial charge is 0.340 e. The molecule has 26 heavy (non-hydrogen) atoms. The molecule has 2 aromatic rings. The fraction of sp³-hybridized carbons (Fsp3) is 0.158. The largest absolute Gasteiger partial charge is 0.508 e. The summed E-state index contributed by atoms with van der Waals surface area (Å²) in [6, 6.07) is 6.06. The van der Waals surface area contributed by atoms with Crippen LogP contribution in [0.4, 0.5) is 5.69 Å². The number of nitrogens with zero attached hydrogens (tertiary/aromatic N) is 1. The molecule has 0 saturated heterocycles. The maximum Gasteiger partial charge on any atom is 0.340 e. The van der Waals surface area contributed by atoms with Crippen molar-refractivity contribution in [3.8, 4) is 5.75 Å². The summed E-state index contributed by atoms with van der Waals surface area (Å²) in [7, 11) is 1.21. The van der Waals surface area contributed by atoms with Crippen LogP contribution in [0.15, 0.2) is 36.0 Å². The van der Waals surface area contributed by atoms with Crippen LogP contribution >= 0.6 is 0 Å². The van der Waals surface area contributed by atoms with E-state index in [1.165, 1.54) is 19.2 Å². The van der Waals surface area contributed by atoms with Crippen molar-refractivity contribution < 1.29 is 24.2 Å². The molecule has 3 rings (SSSR count). The zero-order chi connectivity index (χ0) is 19.0. The van der Waals surface area contributed by atoms with Crippen LogP contribution in [0.1, 0.15) is 42.5 Å². The number of fused-ring (bicyclic) bond motifs is 1. The minimum absolute atomic E-state index is 0.00591. The number of ether oxygens (including phenoxy) is 1. The van der Waals surface area contributed by atoms with Gasteiger partial charge in [-0.15, -0.1) is 0 Å². The van der Waals surface area contributed by atoms with E-state index >= 15 is 0 Å². The molecule has 0 saturated carbocycles. The average molecular weight is 352 g/mol. The lowest BCUT2D eigenvalue weighted by molar-refractivity contribution is 0.0596. The molecule has 1 aromatic heterocycles. The van der Waals surface area contributed by atoms with Gasteiger partial charge >= 0.3 is 5.97 Å². The Morgan fingerprint density at radius 1 is 1.08 bits per heavy atom. The topological polar surface area (TPSA) is 106 Å². The van der Waals surface area contributed by atoms with Crippen LogP contribution in [0.3, 0.4) is 0 Å². The summed E-state index contributed by atoms with van der Waals surface area (Å²) in [5.41, 5.74) is 1.40. The molecule has 0 radical (unpaired) electrons. The molecule has 7 nitrogen and oxygen atoms in total. The van der Waals surface area contributed by atoms with Crippen molar-refractivity contribution in [3.05, 3.63) is 64.1 Å². The van der Waals surface area contributed by atoms with Crippen molar-refractivity contribution in [2.75, 3.05) is 12.4 Å². The van der Waals surface area contributed by atoms with E-state index in [-0.39, 0.29) is 28.1 Å². The van der Waals surface area contributed by atoms with Gasteiger partial charge in [0.1, 0.15) is 5.75 Å². The fourth-order valence-electron chi connectivity index (χ4n) is 2.92. The Hall–Kier alpha value is -3.48. The van der Waals surface area contributed by atoms with E-state index in [2.05, 4.69) is 10.3 Å². The number of hydrogen-bond donors (Lipinski definition) is 2. The van der Waals surface area contributed by atoms with E-state index in [0.717, 1.165) is 6.08 Å². The number of hydrogen-bond acceptors (Lipinski definition) is 7. The van der Waals surface area contributed by atoms with E-state index in [0.29, 0.717) is 17.1 Å². The van der Waals surface area contributed by atoms with Gasteiger partial charge in [-0.1, -0.05) is 0 Å². The van der Waals surface area contributed by atoms with Crippen molar-refractivity contribution in [3.63, 3.8) is 0 Å². The van der Waals surface area contributed by atoms with Gasteiger partial charge in [0, 0.05) is 17.5 Å². The Morgan fingerprint density at radius 3 is 2.35 bits per heavy atom. The summed E-state index contributed by atoms with van der Waals surface area (Å²) in [5.74, 6) is -1.55. The molecule has 1 aliphatic rings. The number of phenols is 1. The molecule has 0 aliphatic heterocycles. The average Bonchev–Trinajstić information content (AvgIpc) is 2.60. The molecule has 2 N–H and O–H groups in total. The lowest BCUT2D eigenvalue weighted by Crippen LogP contribution is -2.27. The monoisotopic (exact) mass is 352 g/mol. The molecule has 0 bridgehead atoms. The maximum atomic E-state index is 12.9. The molecule has 0 atom stereocenters. The Labute approximate surface area is 149 Å². The van der Waals surface area contributed by atoms with Crippen LogP contribution in [-0.4, -0.2) is 34.7 Å². The number of methoxy groups -OCH3 is 1. The Morgan fingerprint density at radius 2 is 1.73 bits per heavy atom. The number of rotatable bonds is 3. The van der Waals surface area contributed by atoms with Gasteiger partial charge in [-0.3, -0.25) is 14.6 Å². The minimum Gasteiger partial charge on any atom is -0.508 e. The van der Waals surface area contributed by atoms with Crippen molar-refractivity contribution in [1.82, 2.24) is 4.98 Å². The predicted molar refractivity (Wildman–Crippen MR) is 93.5 cm³/mol. The highest BCUT2D eigenvalue weighted by Crippen LogP contribution is 2.29. The van der Waals surface area contributed by atoms with Gasteiger partial charge in [-0.05, 0) is 38.1 Å². The highest BCUT2D eigenvalue weighted by molar-refractivity contribution is 6.28. The number of aromatic nitrogens is 1. The lowest BCUT2D eigenvalue weighted by atomic mass is 9.87. The number of allylic oxidation sites excluding steroid dienone is 2. The second-order valence-corrected chi connectivity index (χ2v) is 5.82. The number of pyridine rings is 1. The number of phenolic OH excluding ortho intramolecular Hbond substituents is 1. The van der Waals surface area contributed by atoms with Gasteiger partial charge in [0.15, 0.2) is 5.78 Å². The van der Waals surface area contributed by atoms with Crippen molar-refractivity contribution in [1.29, 1.82) is 0 Å². The highest BCUT2D eigenvalue weighted by atomic mass is 16.5. The first-order valence-corrected chi connectivity index (χ1v) is 7.79. The van der Waals surface area contributed by atoms with Crippen LogP contribution in [0.25, 0.3) is 0 Å². The molecule has 7 heteroatoms. The molecule has 132 valence electrons. The third kappa shape index (κ3) is 2.83. The maximum absolute atomic E-state index is 12.9. The first-order chi connectivity index (χ1) is 12.3. The standard InChI is InChI=1S/C19H16N2O5/c1-9-15-17(16(10(2)20-9)19(25)26-3)14(23)8-13(18(15)24)21-11-4-6-12(22)7-5-11/h4-8,21-22H,1-3H3. The van der Waals surface area contributed by atoms with Gasteiger partial charge in [0.05, 0.1) is 35.2 Å². The normalized spacial score (nSPS) is 13.1. The summed E-state index contributed by atoms with van der Waals surface area (Å²) in [5, 5.41) is 12.2. The predicted octanol–water partition coefficient (Wildman–Crippen LogP) is 2.57. The summed E-state index contributed by atoms with van der Waals surface area (Å²) < 4.78 is 4.74. The molecule has 1 aliphatic carbocycles. The van der Waals surface area contributed by atoms with Crippen LogP contribution in [0, 0.1) is 13.8 Å². The Kier molecular flexibility index (Phi) is 4.29. The van der Waals surface area contributed by atoms with Gasteiger partial charge in [-0.2, -0.15) is 0 Å². The molecule has 0 fully saturated rings. The fourth-order valence-corrected chi connectivity index (χ4v) is 2.92. The number of ketones is 2. The molecule has 0 unspecified atom stereocenters. The Balaban J connectivity index is 2.10. The van der Waals surface area contributed by atoms with E-state index in [9.17, 15) is 19.5 Å². The van der Waals surface area contributed by atoms with Crippen molar-refractivity contribution in [2.24, 2.45) is 0 Å². The third-order valence-corrected chi connectivity index (χ3v) is 4.09. The van der Waals surface area contributed by atoms with Crippen LogP contribution in [-0.2, 0) is 4.74 Å². The Bertz CT molecular complexity index is 974. The quantitative estimate of drug-likeness (QED) is 0.646. The van der Waals surface area contributed by atoms with Gasteiger partial charge in [-0.25, -0.2) is 4.79 Å². The number of carbonyl (C=O) groups excluding carboxylic acids is 3. The number of benzene rings is 1. The first kappa shape index (κ1) is 17.3. The van der Waals surface area contributed by atoms with Gasteiger partial charge < -0.3 is 15.2 Å². The first-order valence-electron chi connectivity index (χ1n) is 7.79. The highest BCUT2D eigenvalue weighted by Gasteiger charge is 2.34. The van der Waals surface area contributed by atoms with Crippen LogP contribution in [0.2, 0.25) is 0 Å². The van der Waals surface area contributed by atoms with E-state index < -0.39 is 17.5 Å². The summed E-state index contributed by atoms with van der Waals surface area (Å²) >= 11 is 0. The summed E-state index contributed by atoms with van der Waals surface area (Å²) in [6.07, 6.45) is 1.16. The zero-order valence-electron chi connectivity index (χ0n) is 14.4. The van der Waals surface area contributed by atoms with Crippen molar-refractivity contribution >= 4 is 23.2 Å². The van der Waals surface area contributed by atoms with Gasteiger partial charge in [0.2, 0.25) is 5.78 Å². The summed E-state index contributed by atoms with van der Waals surface area (Å²) in [4.78, 5) is 41.9. The SMILES string of the molecule is COC(=O)c1c(C)nc(C)c2c1C(=O)C=C(Nc1ccc(O)cc1)C2=O. The zero-order valence-corrected chi connectivity index (χ0v) is 14.4. The minimum atomic E-state index is -0.712. The molecule has 0 amide bonds. The summed E-state index contributed by atoms with van der Waals surface area (Å²) in [6.45, 7) is 3.20. The number of esters is 1. The van der Waals surface area contributed by atoms with Gasteiger partial charge in [0.25, 0.3) is 0 Å². The molecular formula is C19H16N2O5. The number of Topliss-reactive ketones (excluding diaryl/α,β-unsaturated/α-hetero) is 1. The van der Waals surface area contributed by atoms with Crippen LogP contribution < -0.4 is 5.32 Å². The van der Waals surface area contributed by atoms with E-state index in [1.807, 2.05) is 0 Å². The lowest BCUT2D eigenvalue weighted by Gasteiger charge is -2.21. The molecule has 1 aromatic carbocycles. The van der Waals surface area contributed by atoms with E-state index in [4.69, 9.17) is 4.74 Å². The molecular weight excluding hydrogens is 336 g/mol. The number of carbonyl (C=O) groups is 3. The molecule has 1 heterocycles. The number of nitrogens with one attached hydrogen (secondary N) is 1. The van der Waals surface area contributed by atoms with Crippen LogP contribution in [0.5, 0.6) is 5.75 Å². The second kappa shape index (κ2) is 6.44. The number of aromatic hydroxyl groups is 1. The number of anilines is 1. The van der Waals surface area contributed by atoms with Crippen molar-refractivity contribution in [2.45, 2.75) is 13.8 Å². The van der Waals surface area contributed by atoms with E-state index in [1.54, 1.807) is 26.0 Å². The molecule has 0 spiro atoms.